The summed E-state index contributed by atoms with van der Waals surface area (Å²) < 4.78 is 83.5. The van der Waals surface area contributed by atoms with Crippen molar-refractivity contribution in [2.45, 2.75) is 41.5 Å². The van der Waals surface area contributed by atoms with Crippen LogP contribution in [0.5, 0.6) is 0 Å². The molecule has 0 saturated carbocycles. The van der Waals surface area contributed by atoms with E-state index in [1.165, 1.54) is 17.3 Å². The summed E-state index contributed by atoms with van der Waals surface area (Å²) in [6.07, 6.45) is 9.81. The fourth-order valence-electron chi connectivity index (χ4n) is 6.70. The number of aromatic amines is 1. The van der Waals surface area contributed by atoms with Gasteiger partial charge in [-0.2, -0.15) is 0 Å². The number of hydrogen-bond acceptors (Lipinski definition) is 3. The van der Waals surface area contributed by atoms with Crippen LogP contribution in [-0.2, 0) is 20.1 Å². The Bertz CT molecular complexity index is 2500. The van der Waals surface area contributed by atoms with Crippen LogP contribution in [-0.4, -0.2) is 29.1 Å². The zero-order valence-electron chi connectivity index (χ0n) is 32.1. The van der Waals surface area contributed by atoms with E-state index in [1.807, 2.05) is 50.7 Å². The molecular formula is C45H35F6IrN6. The van der Waals surface area contributed by atoms with Crippen molar-refractivity contribution in [3.05, 3.63) is 184 Å². The molecule has 0 atom stereocenters. The fourth-order valence-corrected chi connectivity index (χ4v) is 6.70. The molecule has 0 radical (unpaired) electrons. The van der Waals surface area contributed by atoms with Crippen LogP contribution in [0.25, 0.3) is 45.5 Å². The summed E-state index contributed by atoms with van der Waals surface area (Å²) in [5, 5.41) is 0. The molecule has 8 aromatic rings. The molecular weight excluding hydrogens is 931 g/mol. The zero-order valence-corrected chi connectivity index (χ0v) is 34.5. The second-order valence-corrected chi connectivity index (χ2v) is 13.3. The van der Waals surface area contributed by atoms with Crippen LogP contribution in [0.1, 0.15) is 33.4 Å². The molecule has 6 nitrogen and oxygen atoms in total. The summed E-state index contributed by atoms with van der Waals surface area (Å²) >= 11 is 0. The largest absolute Gasteiger partial charge is 3.00 e. The number of aromatic nitrogens is 6. The average molecular weight is 966 g/mol. The summed E-state index contributed by atoms with van der Waals surface area (Å²) in [4.78, 5) is 15.0. The minimum atomic E-state index is -0.671. The van der Waals surface area contributed by atoms with E-state index in [4.69, 9.17) is 0 Å². The standard InChI is InChI=1S/2C18H15F2N2.C9H5F2N2.Ir/c2*1-11-8-12(2)17(13(3)9-11)22-7-6-21-18(22)15-5-4-14(19)10-16(15)20;10-6-1-2-7(8(11)5-6)9-12-3-4-13-9;/h2*4,6-10H,1-3H3;1,3-5H,(H,12,13);/q3*-1;+3. The topological polar surface area (TPSA) is 64.3 Å². The van der Waals surface area contributed by atoms with E-state index < -0.39 is 34.9 Å². The molecule has 0 aliphatic carbocycles. The number of halogens is 6. The van der Waals surface area contributed by atoms with Crippen LogP contribution in [0, 0.1) is 94.6 Å². The van der Waals surface area contributed by atoms with E-state index in [9.17, 15) is 26.3 Å². The minimum absolute atomic E-state index is 0. The predicted octanol–water partition coefficient (Wildman–Crippen LogP) is 11.2. The van der Waals surface area contributed by atoms with Gasteiger partial charge in [-0.05, 0) is 63.8 Å². The van der Waals surface area contributed by atoms with E-state index in [-0.39, 0.29) is 36.8 Å². The zero-order chi connectivity index (χ0) is 41.0. The first-order chi connectivity index (χ1) is 27.2. The number of H-pyrrole nitrogens is 1. The van der Waals surface area contributed by atoms with Crippen LogP contribution in [0.15, 0.2) is 97.8 Å². The van der Waals surface area contributed by atoms with Gasteiger partial charge in [-0.3, -0.25) is 41.3 Å². The molecule has 0 aliphatic heterocycles. The number of rotatable bonds is 5. The van der Waals surface area contributed by atoms with Crippen molar-refractivity contribution in [3.63, 3.8) is 0 Å². The van der Waals surface area contributed by atoms with E-state index in [1.54, 1.807) is 31.0 Å². The summed E-state index contributed by atoms with van der Waals surface area (Å²) in [6, 6.07) is 21.8. The van der Waals surface area contributed by atoms with Crippen molar-refractivity contribution >= 4 is 0 Å². The quantitative estimate of drug-likeness (QED) is 0.138. The Labute approximate surface area is 345 Å². The van der Waals surface area contributed by atoms with Crippen molar-refractivity contribution in [2.24, 2.45) is 0 Å². The summed E-state index contributed by atoms with van der Waals surface area (Å²) in [5.41, 5.74) is 8.98. The molecule has 296 valence electrons. The van der Waals surface area contributed by atoms with Gasteiger partial charge in [0.2, 0.25) is 0 Å². The smallest absolute Gasteiger partial charge is 0.384 e. The molecule has 0 amide bonds. The maximum atomic E-state index is 14.1. The van der Waals surface area contributed by atoms with Crippen molar-refractivity contribution in [2.75, 3.05) is 0 Å². The second kappa shape index (κ2) is 18.5. The summed E-state index contributed by atoms with van der Waals surface area (Å²) in [6.45, 7) is 12.1. The van der Waals surface area contributed by atoms with Gasteiger partial charge in [-0.25, -0.2) is 0 Å². The van der Waals surface area contributed by atoms with E-state index in [0.29, 0.717) is 17.5 Å². The molecule has 1 N–H and O–H groups in total. The SMILES string of the molecule is Cc1cc(C)c(-n2ccnc2-c2[c-]cc(F)cc2F)c(C)c1.Cc1cc(C)c(-n2ccnc2-c2[c-]cc(F)cc2F)c(C)c1.Fc1c[c-]c(-c2ncc[nH]2)c(F)c1.[Ir+3]. The van der Waals surface area contributed by atoms with Crippen LogP contribution < -0.4 is 0 Å². The molecule has 0 aliphatic rings. The fraction of sp³-hybridized carbons (Fsp3) is 0.133. The molecule has 5 aromatic carbocycles. The maximum Gasteiger partial charge on any atom is 3.00 e. The molecule has 8 rings (SSSR count). The molecule has 0 saturated heterocycles. The van der Waals surface area contributed by atoms with Gasteiger partial charge < -0.3 is 14.1 Å². The van der Waals surface area contributed by atoms with Crippen molar-refractivity contribution in [3.8, 4) is 45.5 Å². The molecule has 3 aromatic heterocycles. The van der Waals surface area contributed by atoms with Crippen molar-refractivity contribution in [1.82, 2.24) is 29.1 Å². The van der Waals surface area contributed by atoms with Gasteiger partial charge in [0, 0.05) is 83.5 Å². The second-order valence-electron chi connectivity index (χ2n) is 13.3. The van der Waals surface area contributed by atoms with Gasteiger partial charge in [0.05, 0.1) is 17.5 Å². The van der Waals surface area contributed by atoms with Gasteiger partial charge in [0.15, 0.2) is 0 Å². The van der Waals surface area contributed by atoms with Gasteiger partial charge in [-0.15, -0.1) is 36.4 Å². The van der Waals surface area contributed by atoms with Crippen LogP contribution in [0.4, 0.5) is 26.3 Å². The maximum absolute atomic E-state index is 14.1. The van der Waals surface area contributed by atoms with E-state index in [2.05, 4.69) is 62.4 Å². The third kappa shape index (κ3) is 9.55. The Morgan fingerprint density at radius 1 is 0.483 bits per heavy atom. The first-order valence-corrected chi connectivity index (χ1v) is 17.6. The molecule has 0 spiro atoms. The number of nitrogens with zero attached hydrogens (tertiary/aromatic N) is 5. The van der Waals surface area contributed by atoms with Gasteiger partial charge in [-0.1, -0.05) is 70.3 Å². The van der Waals surface area contributed by atoms with Crippen LogP contribution in [0.3, 0.4) is 0 Å². The molecule has 58 heavy (non-hydrogen) atoms. The molecule has 0 bridgehead atoms. The van der Waals surface area contributed by atoms with Gasteiger partial charge in [0.25, 0.3) is 0 Å². The van der Waals surface area contributed by atoms with E-state index in [0.717, 1.165) is 70.0 Å². The summed E-state index contributed by atoms with van der Waals surface area (Å²) in [7, 11) is 0. The number of hydrogen-bond donors (Lipinski definition) is 1. The van der Waals surface area contributed by atoms with Crippen molar-refractivity contribution < 1.29 is 46.4 Å². The number of nitrogens with one attached hydrogen (secondary N) is 1. The Balaban J connectivity index is 0.000000170. The first kappa shape index (κ1) is 43.1. The number of benzene rings is 5. The third-order valence-corrected chi connectivity index (χ3v) is 8.79. The van der Waals surface area contributed by atoms with Crippen molar-refractivity contribution in [1.29, 1.82) is 0 Å². The Morgan fingerprint density at radius 3 is 1.17 bits per heavy atom. The number of imidazole rings is 3. The molecule has 3 heterocycles. The van der Waals surface area contributed by atoms with Crippen LogP contribution in [0.2, 0.25) is 0 Å². The Morgan fingerprint density at radius 2 is 0.845 bits per heavy atom. The van der Waals surface area contributed by atoms with Crippen LogP contribution >= 0.6 is 0 Å². The normalized spacial score (nSPS) is 10.6. The molecule has 13 heteroatoms. The van der Waals surface area contributed by atoms with Gasteiger partial charge >= 0.3 is 20.1 Å². The van der Waals surface area contributed by atoms with Gasteiger partial charge in [0.1, 0.15) is 0 Å². The Kier molecular flexibility index (Phi) is 13.7. The predicted molar refractivity (Wildman–Crippen MR) is 207 cm³/mol. The Hall–Kier alpha value is -6.04. The first-order valence-electron chi connectivity index (χ1n) is 17.6. The molecule has 0 unspecified atom stereocenters. The third-order valence-electron chi connectivity index (χ3n) is 8.79. The molecule has 0 fully saturated rings. The monoisotopic (exact) mass is 966 g/mol. The number of aryl methyl sites for hydroxylation is 6. The van der Waals surface area contributed by atoms with E-state index >= 15 is 0 Å². The minimum Gasteiger partial charge on any atom is -0.384 e. The summed E-state index contributed by atoms with van der Waals surface area (Å²) in [5.74, 6) is -2.80. The average Bonchev–Trinajstić information content (AvgIpc) is 3.92.